The molecule has 0 atom stereocenters. The maximum atomic E-state index is 2.40. The Bertz CT molecular complexity index is 736. The Morgan fingerprint density at radius 1 is 0.565 bits per heavy atom. The van der Waals surface area contributed by atoms with E-state index in [-0.39, 0.29) is 0 Å². The second-order valence-corrected chi connectivity index (χ2v) is 20.3. The summed E-state index contributed by atoms with van der Waals surface area (Å²) in [6.45, 7) is 0. The van der Waals surface area contributed by atoms with Gasteiger partial charge in [0, 0.05) is 0 Å². The summed E-state index contributed by atoms with van der Waals surface area (Å²) in [5.41, 5.74) is 0. The molecule has 23 heavy (non-hydrogen) atoms. The van der Waals surface area contributed by atoms with Gasteiger partial charge in [0.2, 0.25) is 0 Å². The summed E-state index contributed by atoms with van der Waals surface area (Å²) in [6.07, 6.45) is 16.2. The first-order valence-corrected chi connectivity index (χ1v) is 15.4. The molecule has 0 radical (unpaired) electrons. The summed E-state index contributed by atoms with van der Waals surface area (Å²) >= 11 is -3.24. The molecule has 4 rings (SSSR count). The molecule has 2 aromatic carbocycles. The topological polar surface area (TPSA) is 0 Å². The number of hydrogen-bond donors (Lipinski definition) is 0. The standard InChI is InChI=1S/2C6H5.2C5H5.Hf/c2*1-2-4-6-5-3-1;2*1-2-4-5-3-1;/h2*1-5H;2*1-3H,4H2;. The number of benzene rings is 2. The van der Waals surface area contributed by atoms with Crippen LogP contribution in [0.2, 0.25) is 0 Å². The molecule has 112 valence electrons. The zero-order valence-electron chi connectivity index (χ0n) is 13.2. The fraction of sp³-hybridized carbons (Fsp3) is 0.0909. The Morgan fingerprint density at radius 3 is 1.35 bits per heavy atom. The zero-order chi connectivity index (χ0) is 15.5. The molecule has 0 fully saturated rings. The van der Waals surface area contributed by atoms with Crippen molar-refractivity contribution in [2.24, 2.45) is 0 Å². The molecular weight excluding hydrogens is 443 g/mol. The Morgan fingerprint density at radius 2 is 1.00 bits per heavy atom. The molecule has 0 saturated heterocycles. The van der Waals surface area contributed by atoms with Crippen LogP contribution in [-0.2, 0) is 20.0 Å². The zero-order valence-corrected chi connectivity index (χ0v) is 16.7. The van der Waals surface area contributed by atoms with E-state index in [9.17, 15) is 0 Å². The van der Waals surface area contributed by atoms with E-state index in [1.165, 1.54) is 0 Å². The van der Waals surface area contributed by atoms with Crippen LogP contribution in [0, 0.1) is 0 Å². The molecule has 2 aliphatic carbocycles. The van der Waals surface area contributed by atoms with E-state index in [0.717, 1.165) is 12.8 Å². The van der Waals surface area contributed by atoms with Crippen molar-refractivity contribution in [1.29, 1.82) is 0 Å². The summed E-state index contributed by atoms with van der Waals surface area (Å²) < 4.78 is 6.53. The van der Waals surface area contributed by atoms with Crippen molar-refractivity contribution in [3.05, 3.63) is 104 Å². The van der Waals surface area contributed by atoms with E-state index in [1.807, 2.05) is 0 Å². The molecule has 2 aromatic rings. The number of allylic oxidation sites excluding steroid dienone is 8. The third-order valence-electron chi connectivity index (χ3n) is 4.92. The van der Waals surface area contributed by atoms with Crippen LogP contribution < -0.4 is 6.64 Å². The van der Waals surface area contributed by atoms with Crippen molar-refractivity contribution in [3.8, 4) is 0 Å². The number of hydrogen-bond acceptors (Lipinski definition) is 0. The third-order valence-corrected chi connectivity index (χ3v) is 23.1. The minimum absolute atomic E-state index is 1.11. The summed E-state index contributed by atoms with van der Waals surface area (Å²) in [5.74, 6) is 0. The Labute approximate surface area is 142 Å². The van der Waals surface area contributed by atoms with Gasteiger partial charge in [-0.2, -0.15) is 0 Å². The first-order chi connectivity index (χ1) is 11.4. The Kier molecular flexibility index (Phi) is 4.13. The summed E-state index contributed by atoms with van der Waals surface area (Å²) in [7, 11) is 0. The van der Waals surface area contributed by atoms with Crippen LogP contribution in [0.5, 0.6) is 0 Å². The van der Waals surface area contributed by atoms with Crippen molar-refractivity contribution < 1.29 is 20.0 Å². The van der Waals surface area contributed by atoms with Crippen molar-refractivity contribution in [3.63, 3.8) is 0 Å². The molecule has 1 heteroatoms. The van der Waals surface area contributed by atoms with Crippen molar-refractivity contribution in [2.75, 3.05) is 0 Å². The van der Waals surface area contributed by atoms with E-state index in [2.05, 4.69) is 97.1 Å². The monoisotopic (exact) mass is 464 g/mol. The normalized spacial score (nSPS) is 16.5. The first-order valence-electron chi connectivity index (χ1n) is 8.26. The molecule has 0 bridgehead atoms. The molecule has 0 amide bonds. The van der Waals surface area contributed by atoms with Gasteiger partial charge in [-0.05, 0) is 0 Å². The fourth-order valence-electron chi connectivity index (χ4n) is 3.94. The molecule has 0 spiro atoms. The van der Waals surface area contributed by atoms with E-state index >= 15 is 0 Å². The fourth-order valence-corrected chi connectivity index (χ4v) is 22.5. The predicted molar refractivity (Wildman–Crippen MR) is 95.8 cm³/mol. The van der Waals surface area contributed by atoms with Gasteiger partial charge in [0.1, 0.15) is 0 Å². The van der Waals surface area contributed by atoms with Crippen molar-refractivity contribution in [1.82, 2.24) is 0 Å². The van der Waals surface area contributed by atoms with E-state index in [1.54, 1.807) is 13.3 Å². The Hall–Kier alpha value is -1.73. The first kappa shape index (κ1) is 14.8. The summed E-state index contributed by atoms with van der Waals surface area (Å²) in [4.78, 5) is 0. The molecule has 0 nitrogen and oxygen atoms in total. The summed E-state index contributed by atoms with van der Waals surface area (Å²) in [6, 6.07) is 22.6. The molecule has 0 unspecified atom stereocenters. The van der Waals surface area contributed by atoms with Crippen molar-refractivity contribution in [2.45, 2.75) is 12.8 Å². The molecule has 0 heterocycles. The molecule has 0 saturated carbocycles. The third kappa shape index (κ3) is 2.48. The quantitative estimate of drug-likeness (QED) is 0.588. The van der Waals surface area contributed by atoms with Gasteiger partial charge in [-0.3, -0.25) is 0 Å². The summed E-state index contributed by atoms with van der Waals surface area (Å²) in [5, 5.41) is 0. The molecule has 2 aliphatic rings. The van der Waals surface area contributed by atoms with Crippen molar-refractivity contribution >= 4 is 6.64 Å². The van der Waals surface area contributed by atoms with E-state index in [0.29, 0.717) is 0 Å². The average Bonchev–Trinajstić information content (AvgIpc) is 3.32. The average molecular weight is 463 g/mol. The minimum atomic E-state index is -3.24. The van der Waals surface area contributed by atoms with Gasteiger partial charge in [0.25, 0.3) is 0 Å². The van der Waals surface area contributed by atoms with Gasteiger partial charge in [-0.1, -0.05) is 0 Å². The molecule has 0 N–H and O–H groups in total. The van der Waals surface area contributed by atoms with Crippen LogP contribution in [0.3, 0.4) is 0 Å². The second-order valence-electron chi connectivity index (χ2n) is 6.13. The molecule has 0 aromatic heterocycles. The van der Waals surface area contributed by atoms with E-state index < -0.39 is 20.0 Å². The van der Waals surface area contributed by atoms with Crippen LogP contribution in [0.4, 0.5) is 0 Å². The van der Waals surface area contributed by atoms with Gasteiger partial charge < -0.3 is 0 Å². The SMILES string of the molecule is C1=CC[C]([Hf]([C]2=CC=CC2)([c]2ccccc2)[c]2ccccc2)=C1. The Balaban J connectivity index is 2.02. The van der Waals surface area contributed by atoms with Gasteiger partial charge in [-0.15, -0.1) is 0 Å². The van der Waals surface area contributed by atoms with Crippen LogP contribution in [0.1, 0.15) is 12.8 Å². The molecule has 0 aliphatic heterocycles. The van der Waals surface area contributed by atoms with Crippen LogP contribution in [0.15, 0.2) is 104 Å². The maximum absolute atomic E-state index is 3.24. The van der Waals surface area contributed by atoms with Crippen LogP contribution in [0.25, 0.3) is 0 Å². The predicted octanol–water partition coefficient (Wildman–Crippen LogP) is 4.48. The van der Waals surface area contributed by atoms with E-state index in [4.69, 9.17) is 0 Å². The molecular formula is C22H20Hf. The van der Waals surface area contributed by atoms with Crippen LogP contribution in [-0.4, -0.2) is 0 Å². The number of rotatable bonds is 4. The van der Waals surface area contributed by atoms with Gasteiger partial charge >= 0.3 is 143 Å². The second kappa shape index (κ2) is 6.41. The van der Waals surface area contributed by atoms with Gasteiger partial charge in [-0.25, -0.2) is 0 Å². The van der Waals surface area contributed by atoms with Gasteiger partial charge in [0.15, 0.2) is 0 Å². The van der Waals surface area contributed by atoms with Crippen LogP contribution >= 0.6 is 0 Å². The van der Waals surface area contributed by atoms with Gasteiger partial charge in [0.05, 0.1) is 0 Å².